The Balaban J connectivity index is 1.94. The highest BCUT2D eigenvalue weighted by Gasteiger charge is 2.15. The number of carbonyl (C=O) groups excluding carboxylic acids is 2. The zero-order valence-corrected chi connectivity index (χ0v) is 15.9. The maximum absolute atomic E-state index is 12.2. The van der Waals surface area contributed by atoms with Gasteiger partial charge in [-0.15, -0.1) is 0 Å². The van der Waals surface area contributed by atoms with E-state index in [1.165, 1.54) is 6.07 Å². The summed E-state index contributed by atoms with van der Waals surface area (Å²) in [6, 6.07) is 8.39. The van der Waals surface area contributed by atoms with E-state index < -0.39 is 5.97 Å². The zero-order valence-electron chi connectivity index (χ0n) is 15.9. The molecule has 0 unspecified atom stereocenters. The van der Waals surface area contributed by atoms with Gasteiger partial charge in [0.2, 0.25) is 5.91 Å². The summed E-state index contributed by atoms with van der Waals surface area (Å²) in [6.45, 7) is 5.84. The molecule has 2 N–H and O–H groups in total. The summed E-state index contributed by atoms with van der Waals surface area (Å²) in [5.41, 5.74) is 1.48. The highest BCUT2D eigenvalue weighted by atomic mass is 16.4. The summed E-state index contributed by atoms with van der Waals surface area (Å²) in [7, 11) is 1.75. The molecular formula is C20H24N2O5. The third-order valence-electron chi connectivity index (χ3n) is 4.13. The van der Waals surface area contributed by atoms with E-state index in [2.05, 4.69) is 5.32 Å². The van der Waals surface area contributed by atoms with Crippen LogP contribution in [0.5, 0.6) is 0 Å². The first-order valence-electron chi connectivity index (χ1n) is 8.63. The summed E-state index contributed by atoms with van der Waals surface area (Å²) in [5.74, 6) is -0.678. The molecule has 7 nitrogen and oxygen atoms in total. The minimum Gasteiger partial charge on any atom is -0.478 e. The number of furan rings is 1. The van der Waals surface area contributed by atoms with E-state index in [-0.39, 0.29) is 29.8 Å². The molecule has 0 aliphatic carbocycles. The molecule has 0 aliphatic rings. The molecule has 2 amide bonds. The predicted octanol–water partition coefficient (Wildman–Crippen LogP) is 2.83. The minimum absolute atomic E-state index is 0.0614. The number of rotatable bonds is 7. The van der Waals surface area contributed by atoms with Crippen molar-refractivity contribution in [3.8, 4) is 0 Å². The maximum atomic E-state index is 12.2. The van der Waals surface area contributed by atoms with Crippen molar-refractivity contribution in [3.05, 3.63) is 58.5 Å². The van der Waals surface area contributed by atoms with Gasteiger partial charge in [-0.3, -0.25) is 9.59 Å². The number of hydrogen-bond donors (Lipinski definition) is 2. The molecule has 1 aromatic heterocycles. The van der Waals surface area contributed by atoms with Gasteiger partial charge < -0.3 is 19.7 Å². The first-order valence-corrected chi connectivity index (χ1v) is 8.63. The van der Waals surface area contributed by atoms with Crippen LogP contribution in [-0.4, -0.2) is 34.8 Å². The predicted molar refractivity (Wildman–Crippen MR) is 99.3 cm³/mol. The number of hydrogen-bond acceptors (Lipinski definition) is 4. The number of aryl methyl sites for hydroxylation is 1. The van der Waals surface area contributed by atoms with Crippen molar-refractivity contribution in [2.24, 2.45) is 5.92 Å². The summed E-state index contributed by atoms with van der Waals surface area (Å²) < 4.78 is 5.33. The van der Waals surface area contributed by atoms with E-state index in [1.807, 2.05) is 13.8 Å². The number of carboxylic acid groups (broad SMARTS) is 1. The Hall–Kier alpha value is -3.09. The Bertz CT molecular complexity index is 837. The molecule has 2 aromatic rings. The van der Waals surface area contributed by atoms with Gasteiger partial charge in [-0.1, -0.05) is 26.0 Å². The molecule has 0 radical (unpaired) electrons. The van der Waals surface area contributed by atoms with Crippen LogP contribution >= 0.6 is 0 Å². The van der Waals surface area contributed by atoms with Crippen LogP contribution in [-0.2, 0) is 17.9 Å². The lowest BCUT2D eigenvalue weighted by atomic mass is 10.1. The van der Waals surface area contributed by atoms with Gasteiger partial charge in [-0.2, -0.15) is 0 Å². The Kier molecular flexibility index (Phi) is 6.39. The number of carbonyl (C=O) groups is 3. The van der Waals surface area contributed by atoms with Crippen LogP contribution in [0, 0.1) is 12.8 Å². The molecule has 0 fully saturated rings. The first-order chi connectivity index (χ1) is 12.7. The average Bonchev–Trinajstić information content (AvgIpc) is 3.00. The second kappa shape index (κ2) is 8.53. The molecular weight excluding hydrogens is 348 g/mol. The third kappa shape index (κ3) is 5.20. The average molecular weight is 372 g/mol. The van der Waals surface area contributed by atoms with Crippen molar-refractivity contribution in [1.29, 1.82) is 0 Å². The zero-order chi connectivity index (χ0) is 20.1. The van der Waals surface area contributed by atoms with Crippen LogP contribution < -0.4 is 5.32 Å². The normalized spacial score (nSPS) is 10.7. The Morgan fingerprint density at radius 3 is 2.33 bits per heavy atom. The van der Waals surface area contributed by atoms with Gasteiger partial charge in [0.05, 0.1) is 6.54 Å². The van der Waals surface area contributed by atoms with Crippen molar-refractivity contribution in [2.75, 3.05) is 7.05 Å². The SMILES string of the molecule is Cc1oc(CNC(=O)c2ccc(CN(C)C(=O)C(C)C)cc2)cc1C(=O)O. The van der Waals surface area contributed by atoms with Gasteiger partial charge in [0.25, 0.3) is 5.91 Å². The lowest BCUT2D eigenvalue weighted by molar-refractivity contribution is -0.133. The first kappa shape index (κ1) is 20.2. The van der Waals surface area contributed by atoms with Crippen molar-refractivity contribution in [3.63, 3.8) is 0 Å². The molecule has 0 aliphatic heterocycles. The van der Waals surface area contributed by atoms with E-state index in [4.69, 9.17) is 9.52 Å². The summed E-state index contributed by atoms with van der Waals surface area (Å²) in [5, 5.41) is 11.7. The molecule has 144 valence electrons. The van der Waals surface area contributed by atoms with Crippen LogP contribution in [0.2, 0.25) is 0 Å². The van der Waals surface area contributed by atoms with Crippen molar-refractivity contribution >= 4 is 17.8 Å². The lowest BCUT2D eigenvalue weighted by Crippen LogP contribution is -2.30. The molecule has 7 heteroatoms. The fourth-order valence-corrected chi connectivity index (χ4v) is 2.67. The number of amides is 2. The molecule has 0 saturated heterocycles. The molecule has 0 spiro atoms. The summed E-state index contributed by atoms with van der Waals surface area (Å²) >= 11 is 0. The molecule has 0 atom stereocenters. The summed E-state index contributed by atoms with van der Waals surface area (Å²) in [4.78, 5) is 36.8. The van der Waals surface area contributed by atoms with Crippen LogP contribution in [0.4, 0.5) is 0 Å². The molecule has 0 saturated carbocycles. The van der Waals surface area contributed by atoms with Gasteiger partial charge in [-0.25, -0.2) is 4.79 Å². The summed E-state index contributed by atoms with van der Waals surface area (Å²) in [6.07, 6.45) is 0. The second-order valence-electron chi connectivity index (χ2n) is 6.72. The smallest absolute Gasteiger partial charge is 0.339 e. The monoisotopic (exact) mass is 372 g/mol. The van der Waals surface area contributed by atoms with Crippen molar-refractivity contribution in [1.82, 2.24) is 10.2 Å². The number of benzene rings is 1. The van der Waals surface area contributed by atoms with E-state index in [0.29, 0.717) is 23.6 Å². The molecule has 27 heavy (non-hydrogen) atoms. The van der Waals surface area contributed by atoms with Crippen LogP contribution in [0.15, 0.2) is 34.7 Å². The van der Waals surface area contributed by atoms with E-state index in [0.717, 1.165) is 5.56 Å². The van der Waals surface area contributed by atoms with Crippen LogP contribution in [0.3, 0.4) is 0 Å². The fourth-order valence-electron chi connectivity index (χ4n) is 2.67. The number of nitrogens with one attached hydrogen (secondary N) is 1. The van der Waals surface area contributed by atoms with Crippen LogP contribution in [0.25, 0.3) is 0 Å². The van der Waals surface area contributed by atoms with Gasteiger partial charge in [0.15, 0.2) is 0 Å². The lowest BCUT2D eigenvalue weighted by Gasteiger charge is -2.19. The molecule has 2 rings (SSSR count). The highest BCUT2D eigenvalue weighted by Crippen LogP contribution is 2.15. The van der Waals surface area contributed by atoms with E-state index >= 15 is 0 Å². The van der Waals surface area contributed by atoms with Gasteiger partial charge in [-0.05, 0) is 30.7 Å². The quantitative estimate of drug-likeness (QED) is 0.778. The largest absolute Gasteiger partial charge is 0.478 e. The minimum atomic E-state index is -1.06. The van der Waals surface area contributed by atoms with E-state index in [9.17, 15) is 14.4 Å². The van der Waals surface area contributed by atoms with E-state index in [1.54, 1.807) is 43.1 Å². The Labute approximate surface area is 158 Å². The molecule has 1 aromatic carbocycles. The van der Waals surface area contributed by atoms with Gasteiger partial charge >= 0.3 is 5.97 Å². The van der Waals surface area contributed by atoms with Gasteiger partial charge in [0.1, 0.15) is 17.1 Å². The van der Waals surface area contributed by atoms with Crippen molar-refractivity contribution < 1.29 is 23.9 Å². The topological polar surface area (TPSA) is 99.9 Å². The highest BCUT2D eigenvalue weighted by molar-refractivity contribution is 5.94. The number of aromatic carboxylic acids is 1. The Morgan fingerprint density at radius 2 is 1.81 bits per heavy atom. The maximum Gasteiger partial charge on any atom is 0.339 e. The second-order valence-corrected chi connectivity index (χ2v) is 6.72. The third-order valence-corrected chi connectivity index (χ3v) is 4.13. The standard InChI is InChI=1S/C20H24N2O5/c1-12(2)19(24)22(4)11-14-5-7-15(8-6-14)18(23)21-10-16-9-17(20(25)26)13(3)27-16/h5-9,12H,10-11H2,1-4H3,(H,21,23)(H,25,26). The number of carboxylic acids is 1. The number of nitrogens with zero attached hydrogens (tertiary/aromatic N) is 1. The van der Waals surface area contributed by atoms with Gasteiger partial charge in [0, 0.05) is 25.1 Å². The van der Waals surface area contributed by atoms with Crippen molar-refractivity contribution in [2.45, 2.75) is 33.9 Å². The Morgan fingerprint density at radius 1 is 1.19 bits per heavy atom. The molecule has 0 bridgehead atoms. The van der Waals surface area contributed by atoms with Crippen LogP contribution in [0.1, 0.15) is 51.6 Å². The molecule has 1 heterocycles. The fraction of sp³-hybridized carbons (Fsp3) is 0.350.